The molecule has 0 aromatic carbocycles. The van der Waals surface area contributed by atoms with Crippen molar-refractivity contribution < 1.29 is 23.4 Å². The number of pyridine rings is 2. The van der Waals surface area contributed by atoms with Gasteiger partial charge in [-0.3, -0.25) is 4.79 Å². The molecule has 7 nitrogen and oxygen atoms in total. The van der Waals surface area contributed by atoms with Gasteiger partial charge in [-0.2, -0.15) is 4.39 Å². The zero-order chi connectivity index (χ0) is 23.4. The van der Waals surface area contributed by atoms with Gasteiger partial charge in [0, 0.05) is 36.0 Å². The fraction of sp³-hybridized carbons (Fsp3) is 0.480. The van der Waals surface area contributed by atoms with Crippen molar-refractivity contribution in [1.29, 1.82) is 0 Å². The Balaban J connectivity index is 1.57. The van der Waals surface area contributed by atoms with Gasteiger partial charge in [-0.15, -0.1) is 0 Å². The van der Waals surface area contributed by atoms with Crippen LogP contribution < -0.4 is 9.47 Å². The van der Waals surface area contributed by atoms with Crippen LogP contribution in [-0.4, -0.2) is 45.6 Å². The van der Waals surface area contributed by atoms with E-state index in [1.54, 1.807) is 28.9 Å². The Kier molecular flexibility index (Phi) is 5.16. The summed E-state index contributed by atoms with van der Waals surface area (Å²) in [4.78, 5) is 21.9. The lowest BCUT2D eigenvalue weighted by molar-refractivity contribution is -0.00627. The van der Waals surface area contributed by atoms with Gasteiger partial charge in [-0.25, -0.2) is 9.97 Å². The number of nitrogens with zero attached hydrogens (tertiary/aromatic N) is 3. The number of aromatic nitrogens is 3. The molecule has 0 N–H and O–H groups in total. The van der Waals surface area contributed by atoms with E-state index >= 15 is 4.39 Å². The van der Waals surface area contributed by atoms with Gasteiger partial charge in [0.25, 0.3) is 0 Å². The first-order valence-electron chi connectivity index (χ1n) is 11.3. The molecule has 5 rings (SSSR count). The Labute approximate surface area is 191 Å². The largest absolute Gasteiger partial charge is 0.487 e. The molecule has 174 valence electrons. The first-order chi connectivity index (χ1) is 15.7. The maximum absolute atomic E-state index is 15.7. The van der Waals surface area contributed by atoms with Gasteiger partial charge in [0.05, 0.1) is 36.7 Å². The molecule has 1 aliphatic heterocycles. The van der Waals surface area contributed by atoms with E-state index in [0.717, 1.165) is 25.0 Å². The highest BCUT2D eigenvalue weighted by Gasteiger charge is 2.55. The van der Waals surface area contributed by atoms with E-state index in [1.165, 1.54) is 7.11 Å². The molecule has 2 fully saturated rings. The van der Waals surface area contributed by atoms with Gasteiger partial charge in [0.15, 0.2) is 17.2 Å². The van der Waals surface area contributed by atoms with Crippen LogP contribution in [0, 0.1) is 5.82 Å². The minimum absolute atomic E-state index is 0.0577. The van der Waals surface area contributed by atoms with Crippen LogP contribution in [0.5, 0.6) is 11.6 Å². The molecule has 0 amide bonds. The first-order valence-corrected chi connectivity index (χ1v) is 11.3. The number of carbonyl (C=O) groups excluding carboxylic acids is 1. The molecule has 2 unspecified atom stereocenters. The molecular weight excluding hydrogens is 425 g/mol. The molecule has 33 heavy (non-hydrogen) atoms. The minimum Gasteiger partial charge on any atom is -0.487 e. The number of methoxy groups -OCH3 is 1. The van der Waals surface area contributed by atoms with Crippen molar-refractivity contribution >= 4 is 11.4 Å². The molecule has 8 heteroatoms. The Bertz CT molecular complexity index is 1230. The summed E-state index contributed by atoms with van der Waals surface area (Å²) in [7, 11) is 1.46. The lowest BCUT2D eigenvalue weighted by Gasteiger charge is -2.24. The third kappa shape index (κ3) is 3.66. The summed E-state index contributed by atoms with van der Waals surface area (Å²) >= 11 is 0. The number of hydrogen-bond donors (Lipinski definition) is 0. The summed E-state index contributed by atoms with van der Waals surface area (Å²) in [6, 6.07) is 3.32. The Hall–Kier alpha value is -3.00. The predicted octanol–water partition coefficient (Wildman–Crippen LogP) is 4.30. The van der Waals surface area contributed by atoms with E-state index in [4.69, 9.17) is 14.2 Å². The fourth-order valence-corrected chi connectivity index (χ4v) is 5.15. The van der Waals surface area contributed by atoms with Gasteiger partial charge < -0.3 is 18.6 Å². The molecule has 4 heterocycles. The van der Waals surface area contributed by atoms with Crippen LogP contribution in [0.15, 0.2) is 30.7 Å². The summed E-state index contributed by atoms with van der Waals surface area (Å²) in [5.74, 6) is -0.497. The van der Waals surface area contributed by atoms with E-state index < -0.39 is 5.82 Å². The molecule has 3 aromatic rings. The molecule has 1 saturated heterocycles. The van der Waals surface area contributed by atoms with Crippen LogP contribution in [0.1, 0.15) is 61.6 Å². The molecule has 2 atom stereocenters. The van der Waals surface area contributed by atoms with Crippen molar-refractivity contribution in [3.8, 4) is 11.6 Å². The minimum atomic E-state index is -0.561. The maximum Gasteiger partial charge on any atom is 0.224 e. The maximum atomic E-state index is 15.7. The predicted molar refractivity (Wildman–Crippen MR) is 120 cm³/mol. The smallest absolute Gasteiger partial charge is 0.224 e. The number of carbonyl (C=O) groups is 1. The summed E-state index contributed by atoms with van der Waals surface area (Å²) in [6.45, 7) is 6.37. The number of fused-ring (bicyclic) bond motifs is 3. The molecule has 0 spiro atoms. The molecular formula is C25H28FN3O4. The second kappa shape index (κ2) is 7.80. The summed E-state index contributed by atoms with van der Waals surface area (Å²) in [6.07, 6.45) is 7.67. The topological polar surface area (TPSA) is 75.0 Å². The van der Waals surface area contributed by atoms with Crippen LogP contribution in [0.4, 0.5) is 4.39 Å². The van der Waals surface area contributed by atoms with Crippen LogP contribution in [-0.2, 0) is 16.6 Å². The van der Waals surface area contributed by atoms with Gasteiger partial charge in [-0.1, -0.05) is 0 Å². The highest BCUT2D eigenvalue weighted by molar-refractivity contribution is 5.99. The number of hydrogen-bond acceptors (Lipinski definition) is 6. The second-order valence-corrected chi connectivity index (χ2v) is 9.68. The number of Topliss-reactive ketones (excluding diaryl/α,β-unsaturated/α-hetero) is 1. The van der Waals surface area contributed by atoms with Crippen molar-refractivity contribution in [3.05, 3.63) is 53.4 Å². The van der Waals surface area contributed by atoms with Crippen molar-refractivity contribution in [2.45, 2.75) is 63.6 Å². The van der Waals surface area contributed by atoms with E-state index in [2.05, 4.69) is 16.9 Å². The zero-order valence-corrected chi connectivity index (χ0v) is 19.4. The number of imidazole rings is 1. The van der Waals surface area contributed by atoms with Crippen LogP contribution >= 0.6 is 0 Å². The number of ketones is 1. The Morgan fingerprint density at radius 1 is 1.33 bits per heavy atom. The molecule has 1 aliphatic carbocycles. The first kappa shape index (κ1) is 21.8. The standard InChI is InChI=1S/C25H28FN3O4/c1-15(2)33-21-16(10-18(30)17-6-5-9-27-23(17)31-4)11-29-12-19(28-22(29)20(21)26)25-8-7-24(3,13-25)32-14-25/h5-6,9,11-12,15H,7-8,10,13-14H2,1-4H3. The van der Waals surface area contributed by atoms with Crippen LogP contribution in [0.3, 0.4) is 0 Å². The van der Waals surface area contributed by atoms with E-state index in [9.17, 15) is 4.79 Å². The highest BCUT2D eigenvalue weighted by Crippen LogP contribution is 2.53. The second-order valence-electron chi connectivity index (χ2n) is 9.68. The quantitative estimate of drug-likeness (QED) is 0.497. The Morgan fingerprint density at radius 3 is 2.79 bits per heavy atom. The third-order valence-electron chi connectivity index (χ3n) is 6.77. The monoisotopic (exact) mass is 453 g/mol. The summed E-state index contributed by atoms with van der Waals surface area (Å²) < 4.78 is 34.5. The fourth-order valence-electron chi connectivity index (χ4n) is 5.15. The van der Waals surface area contributed by atoms with E-state index in [0.29, 0.717) is 17.7 Å². The number of halogens is 1. The van der Waals surface area contributed by atoms with Crippen molar-refractivity contribution in [3.63, 3.8) is 0 Å². The van der Waals surface area contributed by atoms with Gasteiger partial charge in [0.1, 0.15) is 0 Å². The zero-order valence-electron chi connectivity index (χ0n) is 19.4. The van der Waals surface area contributed by atoms with Crippen LogP contribution in [0.25, 0.3) is 5.65 Å². The van der Waals surface area contributed by atoms with Crippen LogP contribution in [0.2, 0.25) is 0 Å². The van der Waals surface area contributed by atoms with Gasteiger partial charge in [0.2, 0.25) is 11.7 Å². The van der Waals surface area contributed by atoms with Gasteiger partial charge in [-0.05, 0) is 52.2 Å². The SMILES string of the molecule is COc1ncccc1C(=O)Cc1cn2cc(C34CCC(C)(C3)OC4)nc2c(F)c1OC(C)C. The summed E-state index contributed by atoms with van der Waals surface area (Å²) in [5, 5.41) is 0. The normalized spacial score (nSPS) is 24.1. The van der Waals surface area contributed by atoms with Crippen molar-refractivity contribution in [1.82, 2.24) is 14.4 Å². The van der Waals surface area contributed by atoms with Crippen molar-refractivity contribution in [2.75, 3.05) is 13.7 Å². The Morgan fingerprint density at radius 2 is 2.15 bits per heavy atom. The molecule has 1 saturated carbocycles. The number of rotatable bonds is 7. The van der Waals surface area contributed by atoms with Gasteiger partial charge >= 0.3 is 0 Å². The molecule has 0 radical (unpaired) electrons. The summed E-state index contributed by atoms with van der Waals surface area (Å²) in [5.41, 5.74) is 1.51. The van der Waals surface area contributed by atoms with Crippen molar-refractivity contribution in [2.24, 2.45) is 0 Å². The van der Waals surface area contributed by atoms with E-state index in [1.807, 2.05) is 20.0 Å². The highest BCUT2D eigenvalue weighted by atomic mass is 19.1. The average molecular weight is 454 g/mol. The average Bonchev–Trinajstić information content (AvgIpc) is 3.47. The number of ether oxygens (including phenoxy) is 3. The molecule has 2 aliphatic rings. The molecule has 2 bridgehead atoms. The lowest BCUT2D eigenvalue weighted by atomic mass is 9.84. The third-order valence-corrected chi connectivity index (χ3v) is 6.77. The lowest BCUT2D eigenvalue weighted by Crippen LogP contribution is -2.26. The van der Waals surface area contributed by atoms with E-state index in [-0.39, 0.29) is 46.6 Å². The molecule has 3 aromatic heterocycles.